The van der Waals surface area contributed by atoms with Crippen molar-refractivity contribution in [3.05, 3.63) is 182 Å². The normalized spacial score (nSPS) is 10.3. The van der Waals surface area contributed by atoms with Crippen LogP contribution in [0, 0.1) is 0 Å². The second-order valence-corrected chi connectivity index (χ2v) is 13.3. The summed E-state index contributed by atoms with van der Waals surface area (Å²) in [4.78, 5) is 0. The summed E-state index contributed by atoms with van der Waals surface area (Å²) in [5.74, 6) is 0. The van der Waals surface area contributed by atoms with E-state index in [-0.39, 0.29) is 0 Å². The summed E-state index contributed by atoms with van der Waals surface area (Å²) in [7, 11) is -0.892. The third-order valence-corrected chi connectivity index (χ3v) is 11.0. The first kappa shape index (κ1) is 30.5. The van der Waals surface area contributed by atoms with Gasteiger partial charge in [-0.1, -0.05) is 182 Å². The summed E-state index contributed by atoms with van der Waals surface area (Å²) in [6.45, 7) is 0. The van der Waals surface area contributed by atoms with Crippen molar-refractivity contribution in [3.8, 4) is 0 Å². The van der Waals surface area contributed by atoms with Gasteiger partial charge < -0.3 is 0 Å². The van der Waals surface area contributed by atoms with E-state index in [2.05, 4.69) is 182 Å². The van der Waals surface area contributed by atoms with Gasteiger partial charge in [0, 0.05) is 0 Å². The van der Waals surface area contributed by atoms with Crippen molar-refractivity contribution in [2.45, 2.75) is 0 Å². The fraction of sp³-hybridized carbons (Fsp3) is 0. The van der Waals surface area contributed by atoms with Crippen molar-refractivity contribution in [1.29, 1.82) is 0 Å². The number of hydrogen-bond donors (Lipinski definition) is 0. The zero-order chi connectivity index (χ0) is 28.5. The Morgan fingerprint density at radius 2 is 0.390 bits per heavy atom. The zero-order valence-electron chi connectivity index (χ0n) is 22.3. The van der Waals surface area contributed by atoms with Gasteiger partial charge in [-0.05, 0) is 47.7 Å². The molecule has 41 heavy (non-hydrogen) atoms. The van der Waals surface area contributed by atoms with Crippen molar-refractivity contribution < 1.29 is 22.5 Å². The van der Waals surface area contributed by atoms with Crippen LogP contribution in [0.2, 0.25) is 0 Å². The van der Waals surface area contributed by atoms with Gasteiger partial charge in [-0.15, -0.1) is 0 Å². The van der Waals surface area contributed by atoms with Gasteiger partial charge in [-0.25, -0.2) is 0 Å². The first-order chi connectivity index (χ1) is 20.3. The second-order valence-electron chi connectivity index (χ2n) is 8.73. The molecule has 0 N–H and O–H groups in total. The molecule has 0 aliphatic heterocycles. The number of rotatable bonds is 6. The van der Waals surface area contributed by atoms with Crippen LogP contribution in [-0.2, 0) is 15.3 Å². The molecule has 6 aromatic rings. The van der Waals surface area contributed by atoms with Crippen molar-refractivity contribution in [3.63, 3.8) is 0 Å². The minimum Gasteiger partial charge on any atom is -0.0622 e. The standard InChI is InChI=1S/2C18H15P.2FH.Ni/c2*1-4-10-16(11-5-1)19(17-12-6-2-7-13-17)18-14-8-3-9-15-18;;;/h2*1-15H;2*1H;/q;;;;+2/p-2. The predicted octanol–water partition coefficient (Wildman–Crippen LogP) is 7.73. The van der Waals surface area contributed by atoms with E-state index in [0.717, 1.165) is 0 Å². The van der Waals surface area contributed by atoms with Crippen LogP contribution in [0.4, 0.5) is 7.21 Å². The molecule has 0 nitrogen and oxygen atoms in total. The fourth-order valence-electron chi connectivity index (χ4n) is 4.36. The SMILES string of the molecule is [F][Ni][F].c1ccc(P(c2ccccc2)c2ccccc2)cc1.c1ccc(P(c2ccccc2)c2ccccc2)cc1. The molecule has 0 bridgehead atoms. The quantitative estimate of drug-likeness (QED) is 0.132. The van der Waals surface area contributed by atoms with Crippen molar-refractivity contribution in [2.75, 3.05) is 0 Å². The van der Waals surface area contributed by atoms with E-state index in [9.17, 15) is 7.21 Å². The Bertz CT molecular complexity index is 1200. The molecule has 0 saturated carbocycles. The van der Waals surface area contributed by atoms with E-state index in [4.69, 9.17) is 0 Å². The number of benzene rings is 6. The molecule has 0 aromatic heterocycles. The molecule has 0 radical (unpaired) electrons. The fourth-order valence-corrected chi connectivity index (χ4v) is 8.97. The average Bonchev–Trinajstić information content (AvgIpc) is 3.05. The molecule has 208 valence electrons. The Labute approximate surface area is 251 Å². The second kappa shape index (κ2) is 17.4. The molecule has 6 aromatic carbocycles. The van der Waals surface area contributed by atoms with Crippen molar-refractivity contribution in [2.24, 2.45) is 0 Å². The molecule has 0 aliphatic rings. The molecule has 0 heterocycles. The van der Waals surface area contributed by atoms with Gasteiger partial charge in [-0.2, -0.15) is 0 Å². The van der Waals surface area contributed by atoms with Crippen LogP contribution < -0.4 is 31.8 Å². The Morgan fingerprint density at radius 1 is 0.268 bits per heavy atom. The maximum absolute atomic E-state index is 9.56. The van der Waals surface area contributed by atoms with Gasteiger partial charge in [-0.3, -0.25) is 0 Å². The Balaban J connectivity index is 0.000000173. The average molecular weight is 621 g/mol. The molecule has 0 unspecified atom stereocenters. The summed E-state index contributed by atoms with van der Waals surface area (Å²) in [5, 5.41) is 8.39. The summed E-state index contributed by atoms with van der Waals surface area (Å²) >= 11 is -1.38. The van der Waals surface area contributed by atoms with Gasteiger partial charge >= 0.3 is 22.5 Å². The first-order valence-corrected chi connectivity index (χ1v) is 16.5. The molecule has 0 fully saturated rings. The maximum Gasteiger partial charge on any atom is -0.0134 e. The van der Waals surface area contributed by atoms with Gasteiger partial charge in [0.25, 0.3) is 0 Å². The van der Waals surface area contributed by atoms with Crippen LogP contribution in [0.15, 0.2) is 182 Å². The number of halogens is 2. The topological polar surface area (TPSA) is 0 Å². The minimum atomic E-state index is -1.38. The number of hydrogen-bond acceptors (Lipinski definition) is 0. The smallest absolute Gasteiger partial charge is 0.0134 e. The summed E-state index contributed by atoms with van der Waals surface area (Å²) in [6.07, 6.45) is 0. The van der Waals surface area contributed by atoms with Crippen LogP contribution >= 0.6 is 15.8 Å². The first-order valence-electron chi connectivity index (χ1n) is 13.0. The van der Waals surface area contributed by atoms with E-state index in [1.165, 1.54) is 31.8 Å². The minimum absolute atomic E-state index is 0.446. The Hall–Kier alpha value is -3.47. The van der Waals surface area contributed by atoms with Crippen LogP contribution in [0.1, 0.15) is 0 Å². The van der Waals surface area contributed by atoms with Crippen LogP contribution in [-0.4, -0.2) is 0 Å². The van der Waals surface area contributed by atoms with E-state index >= 15 is 0 Å². The molecule has 0 spiro atoms. The summed E-state index contributed by atoms with van der Waals surface area (Å²) in [6, 6.07) is 64.7. The molecule has 0 atom stereocenters. The maximum atomic E-state index is 9.56. The molecule has 0 aliphatic carbocycles. The van der Waals surface area contributed by atoms with E-state index in [1.54, 1.807) is 0 Å². The van der Waals surface area contributed by atoms with Crippen LogP contribution in [0.3, 0.4) is 0 Å². The van der Waals surface area contributed by atoms with Gasteiger partial charge in [0.05, 0.1) is 0 Å². The van der Waals surface area contributed by atoms with Gasteiger partial charge in [0.15, 0.2) is 0 Å². The van der Waals surface area contributed by atoms with E-state index in [1.807, 2.05) is 0 Å². The molecule has 0 amide bonds. The molecule has 6 rings (SSSR count). The largest absolute Gasteiger partial charge is 0.0622 e. The summed E-state index contributed by atoms with van der Waals surface area (Å²) in [5.41, 5.74) is 0. The van der Waals surface area contributed by atoms with E-state index < -0.39 is 31.2 Å². The van der Waals surface area contributed by atoms with Crippen molar-refractivity contribution >= 4 is 47.7 Å². The third-order valence-electron chi connectivity index (χ3n) is 6.09. The third kappa shape index (κ3) is 9.28. The van der Waals surface area contributed by atoms with Crippen LogP contribution in [0.5, 0.6) is 0 Å². The van der Waals surface area contributed by atoms with Crippen LogP contribution in [0.25, 0.3) is 0 Å². The van der Waals surface area contributed by atoms with Gasteiger partial charge in [0.2, 0.25) is 0 Å². The monoisotopic (exact) mass is 620 g/mol. The molecule has 0 saturated heterocycles. The van der Waals surface area contributed by atoms with Gasteiger partial charge in [0.1, 0.15) is 0 Å². The summed E-state index contributed by atoms with van der Waals surface area (Å²) < 4.78 is 19.1. The molecule has 5 heteroatoms. The molecular formula is C36H30F2NiP2. The Morgan fingerprint density at radius 3 is 0.512 bits per heavy atom. The zero-order valence-corrected chi connectivity index (χ0v) is 25.1. The van der Waals surface area contributed by atoms with Crippen molar-refractivity contribution in [1.82, 2.24) is 0 Å². The Kier molecular flexibility index (Phi) is 12.9. The molecular weight excluding hydrogens is 591 g/mol. The van der Waals surface area contributed by atoms with E-state index in [0.29, 0.717) is 0 Å². The predicted molar refractivity (Wildman–Crippen MR) is 173 cm³/mol.